The number of imidazole rings is 1. The second kappa shape index (κ2) is 23.9. The molecule has 1 aromatic heterocycles. The van der Waals surface area contributed by atoms with Crippen molar-refractivity contribution in [3.05, 3.63) is 29.6 Å². The Morgan fingerprint density at radius 1 is 0.756 bits per heavy atom. The molecule has 0 bridgehead atoms. The van der Waals surface area contributed by atoms with Gasteiger partial charge in [-0.25, -0.2) is 4.98 Å². The summed E-state index contributed by atoms with van der Waals surface area (Å²) >= 11 is 0. The van der Waals surface area contributed by atoms with Gasteiger partial charge in [0.05, 0.1) is 11.0 Å². The Morgan fingerprint density at radius 2 is 1.24 bits per heavy atom. The third-order valence-corrected chi connectivity index (χ3v) is 8.31. The Bertz CT molecular complexity index is 926. The smallest absolute Gasteiger partial charge is 0.251 e. The van der Waals surface area contributed by atoms with Crippen molar-refractivity contribution >= 4 is 29.3 Å². The van der Waals surface area contributed by atoms with Gasteiger partial charge in [-0.3, -0.25) is 4.79 Å². The summed E-state index contributed by atoms with van der Waals surface area (Å²) in [6.07, 6.45) is 28.8. The Labute approximate surface area is 259 Å². The van der Waals surface area contributed by atoms with Crippen LogP contribution < -0.4 is 5.32 Å². The lowest BCUT2D eigenvalue weighted by molar-refractivity contribution is 0.0963. The minimum absolute atomic E-state index is 0. The molecule has 1 N–H and O–H groups in total. The van der Waals surface area contributed by atoms with Crippen molar-refractivity contribution in [3.63, 3.8) is 0 Å². The van der Waals surface area contributed by atoms with Gasteiger partial charge >= 0.3 is 0 Å². The lowest BCUT2D eigenvalue weighted by Gasteiger charge is -2.12. The van der Waals surface area contributed by atoms with Gasteiger partial charge in [0.1, 0.15) is 5.82 Å². The summed E-state index contributed by atoms with van der Waals surface area (Å²) in [6, 6.07) is 5.94. The van der Waals surface area contributed by atoms with Gasteiger partial charge in [-0.2, -0.15) is 0 Å². The van der Waals surface area contributed by atoms with Crippen LogP contribution in [0.5, 0.6) is 0 Å². The first kappa shape index (κ1) is 37.4. The van der Waals surface area contributed by atoms with E-state index in [-0.39, 0.29) is 18.3 Å². The monoisotopic (exact) mass is 590 g/mol. The predicted octanol–water partition coefficient (Wildman–Crippen LogP) is 9.74. The summed E-state index contributed by atoms with van der Waals surface area (Å²) in [6.45, 7) is 4.33. The maximum absolute atomic E-state index is 12.1. The fraction of sp³-hybridized carbons (Fsp3) is 0.771. The van der Waals surface area contributed by atoms with E-state index >= 15 is 0 Å². The second-order valence-corrected chi connectivity index (χ2v) is 12.2. The first-order chi connectivity index (χ1) is 19.6. The van der Waals surface area contributed by atoms with Crippen molar-refractivity contribution in [3.8, 4) is 0 Å². The van der Waals surface area contributed by atoms with Gasteiger partial charge < -0.3 is 14.8 Å². The van der Waals surface area contributed by atoms with E-state index in [2.05, 4.69) is 41.9 Å². The lowest BCUT2D eigenvalue weighted by atomic mass is 10.0. The molecule has 1 aromatic carbocycles. The summed E-state index contributed by atoms with van der Waals surface area (Å²) in [5.74, 6) is 1.12. The SMILES string of the molecule is CCCCCCCCCCCCCCCCCCCCCc1nc2cc(C(=O)NC)ccc2n1CCCN(C)C.Cl. The average molecular weight is 591 g/mol. The molecule has 0 spiro atoms. The Kier molecular flexibility index (Phi) is 21.8. The van der Waals surface area contributed by atoms with Crippen LogP contribution in [0.15, 0.2) is 18.2 Å². The maximum Gasteiger partial charge on any atom is 0.251 e. The number of amides is 1. The molecule has 236 valence electrons. The van der Waals surface area contributed by atoms with Gasteiger partial charge in [-0.15, -0.1) is 12.4 Å². The summed E-state index contributed by atoms with van der Waals surface area (Å²) < 4.78 is 2.39. The molecule has 2 aromatic rings. The minimum Gasteiger partial charge on any atom is -0.355 e. The van der Waals surface area contributed by atoms with Crippen LogP contribution in [0.4, 0.5) is 0 Å². The number of unbranched alkanes of at least 4 members (excludes halogenated alkanes) is 18. The third-order valence-electron chi connectivity index (χ3n) is 8.31. The molecule has 1 amide bonds. The molecule has 0 unspecified atom stereocenters. The Balaban J connectivity index is 0.00000840. The van der Waals surface area contributed by atoms with Gasteiger partial charge in [0.15, 0.2) is 0 Å². The minimum atomic E-state index is -0.0515. The molecule has 41 heavy (non-hydrogen) atoms. The highest BCUT2D eigenvalue weighted by molar-refractivity contribution is 5.97. The zero-order valence-electron chi connectivity index (χ0n) is 27.2. The zero-order chi connectivity index (χ0) is 28.8. The van der Waals surface area contributed by atoms with Crippen LogP contribution in [-0.2, 0) is 13.0 Å². The van der Waals surface area contributed by atoms with E-state index in [4.69, 9.17) is 4.98 Å². The molecule has 0 saturated heterocycles. The Morgan fingerprint density at radius 3 is 1.71 bits per heavy atom. The first-order valence-corrected chi connectivity index (χ1v) is 16.9. The highest BCUT2D eigenvalue weighted by Crippen LogP contribution is 2.21. The van der Waals surface area contributed by atoms with E-state index in [9.17, 15) is 4.79 Å². The van der Waals surface area contributed by atoms with Crippen LogP contribution in [0, 0.1) is 0 Å². The van der Waals surface area contributed by atoms with Crippen LogP contribution >= 0.6 is 12.4 Å². The normalized spacial score (nSPS) is 11.3. The number of hydrogen-bond acceptors (Lipinski definition) is 3. The number of hydrogen-bond donors (Lipinski definition) is 1. The molecule has 2 rings (SSSR count). The topological polar surface area (TPSA) is 50.2 Å². The van der Waals surface area contributed by atoms with E-state index in [1.54, 1.807) is 7.05 Å². The van der Waals surface area contributed by atoms with Gasteiger partial charge in [-0.05, 0) is 51.7 Å². The summed E-state index contributed by atoms with van der Waals surface area (Å²) in [5, 5.41) is 2.72. The van der Waals surface area contributed by atoms with Crippen LogP contribution in [0.25, 0.3) is 11.0 Å². The van der Waals surface area contributed by atoms with Gasteiger partial charge in [-0.1, -0.05) is 122 Å². The van der Waals surface area contributed by atoms with Gasteiger partial charge in [0.25, 0.3) is 5.91 Å². The van der Waals surface area contributed by atoms with Crippen molar-refractivity contribution in [2.75, 3.05) is 27.7 Å². The van der Waals surface area contributed by atoms with E-state index in [0.717, 1.165) is 37.0 Å². The molecule has 0 saturated carbocycles. The Hall–Kier alpha value is -1.59. The summed E-state index contributed by atoms with van der Waals surface area (Å²) in [5.41, 5.74) is 2.78. The molecule has 0 atom stereocenters. The number of nitrogens with one attached hydrogen (secondary N) is 1. The molecule has 5 nitrogen and oxygen atoms in total. The van der Waals surface area contributed by atoms with Crippen molar-refractivity contribution in [2.24, 2.45) is 0 Å². The number of halogens is 1. The largest absolute Gasteiger partial charge is 0.355 e. The number of aryl methyl sites for hydroxylation is 2. The van der Waals surface area contributed by atoms with Crippen LogP contribution in [0.1, 0.15) is 152 Å². The molecule has 0 aliphatic heterocycles. The van der Waals surface area contributed by atoms with Crippen molar-refractivity contribution in [1.82, 2.24) is 19.8 Å². The van der Waals surface area contributed by atoms with E-state index in [1.807, 2.05) is 12.1 Å². The van der Waals surface area contributed by atoms with Crippen LogP contribution in [0.2, 0.25) is 0 Å². The molecule has 0 aliphatic rings. The molecule has 6 heteroatoms. The molecular weight excluding hydrogens is 528 g/mol. The van der Waals surface area contributed by atoms with Crippen molar-refractivity contribution in [2.45, 2.75) is 148 Å². The number of carbonyl (C=O) groups is 1. The molecule has 0 aliphatic carbocycles. The van der Waals surface area contributed by atoms with Crippen molar-refractivity contribution in [1.29, 1.82) is 0 Å². The fourth-order valence-electron chi connectivity index (χ4n) is 5.81. The third kappa shape index (κ3) is 16.0. The van der Waals surface area contributed by atoms with Crippen LogP contribution in [0.3, 0.4) is 0 Å². The van der Waals surface area contributed by atoms with Crippen LogP contribution in [-0.4, -0.2) is 48.0 Å². The number of carbonyl (C=O) groups excluding carboxylic acids is 1. The molecule has 0 radical (unpaired) electrons. The molecule has 1 heterocycles. The lowest BCUT2D eigenvalue weighted by Crippen LogP contribution is -2.17. The quantitative estimate of drug-likeness (QED) is 0.117. The highest BCUT2D eigenvalue weighted by Gasteiger charge is 2.13. The highest BCUT2D eigenvalue weighted by atomic mass is 35.5. The number of aromatic nitrogens is 2. The zero-order valence-corrected chi connectivity index (χ0v) is 28.0. The van der Waals surface area contributed by atoms with E-state index in [0.29, 0.717) is 5.56 Å². The standard InChI is InChI=1S/C35H62N4O.ClH/c1-5-6-7-8-9-10-11-12-13-14-15-16-17-18-19-20-21-22-23-25-34-37-32-30-31(35(40)36-2)26-27-33(32)39(34)29-24-28-38(3)4;/h26-27,30H,5-25,28-29H2,1-4H3,(H,36,40);1H. The van der Waals surface area contributed by atoms with E-state index < -0.39 is 0 Å². The number of fused-ring (bicyclic) bond motifs is 1. The maximum atomic E-state index is 12.1. The average Bonchev–Trinajstić information content (AvgIpc) is 3.30. The molecular formula is C35H63ClN4O. The fourth-order valence-corrected chi connectivity index (χ4v) is 5.81. The summed E-state index contributed by atoms with van der Waals surface area (Å²) in [7, 11) is 5.93. The first-order valence-electron chi connectivity index (χ1n) is 16.9. The predicted molar refractivity (Wildman–Crippen MR) is 181 cm³/mol. The number of benzene rings is 1. The van der Waals surface area contributed by atoms with Crippen molar-refractivity contribution < 1.29 is 4.79 Å². The number of nitrogens with zero attached hydrogens (tertiary/aromatic N) is 3. The van der Waals surface area contributed by atoms with Gasteiger partial charge in [0.2, 0.25) is 0 Å². The second-order valence-electron chi connectivity index (χ2n) is 12.2. The number of rotatable bonds is 25. The van der Waals surface area contributed by atoms with Gasteiger partial charge in [0, 0.05) is 25.6 Å². The van der Waals surface area contributed by atoms with E-state index in [1.165, 1.54) is 128 Å². The molecule has 0 fully saturated rings. The summed E-state index contributed by atoms with van der Waals surface area (Å²) in [4.78, 5) is 19.3.